The molecule has 0 aromatic carbocycles. The Labute approximate surface area is 110 Å². The first kappa shape index (κ1) is 15.1. The zero-order valence-corrected chi connectivity index (χ0v) is 13.8. The third-order valence-electron chi connectivity index (χ3n) is 2.73. The lowest BCUT2D eigenvalue weighted by atomic mass is 9.79. The second-order valence-corrected chi connectivity index (χ2v) is 13.6. The molecular formula is C13H25NOSSi. The number of nitrogens with one attached hydrogen (secondary N) is 1. The quantitative estimate of drug-likeness (QED) is 0.476. The first-order chi connectivity index (χ1) is 7.54. The Morgan fingerprint density at radius 2 is 1.76 bits per heavy atom. The van der Waals surface area contributed by atoms with Gasteiger partial charge in [0.15, 0.2) is 0 Å². The van der Waals surface area contributed by atoms with Gasteiger partial charge in [-0.1, -0.05) is 25.6 Å². The molecule has 0 aliphatic heterocycles. The normalized spacial score (nSPS) is 21.1. The van der Waals surface area contributed by atoms with Gasteiger partial charge in [-0.3, -0.25) is 0 Å². The molecular weight excluding hydrogens is 246 g/mol. The summed E-state index contributed by atoms with van der Waals surface area (Å²) in [6.45, 7) is 12.7. The van der Waals surface area contributed by atoms with E-state index in [0.717, 1.165) is 12.8 Å². The minimum absolute atomic E-state index is 0.168. The monoisotopic (exact) mass is 271 g/mol. The molecule has 0 saturated heterocycles. The smallest absolute Gasteiger partial charge is 0.137 e. The molecule has 0 aromatic rings. The zero-order valence-electron chi connectivity index (χ0n) is 11.9. The van der Waals surface area contributed by atoms with Crippen molar-refractivity contribution in [3.8, 4) is 11.5 Å². The predicted molar refractivity (Wildman–Crippen MR) is 78.7 cm³/mol. The van der Waals surface area contributed by atoms with Crippen molar-refractivity contribution in [3.63, 3.8) is 0 Å². The minimum Gasteiger partial charge on any atom is -0.598 e. The molecule has 2 nitrogen and oxygen atoms in total. The molecule has 1 rings (SSSR count). The van der Waals surface area contributed by atoms with Crippen LogP contribution >= 0.6 is 0 Å². The van der Waals surface area contributed by atoms with Crippen molar-refractivity contribution < 1.29 is 4.55 Å². The highest BCUT2D eigenvalue weighted by Crippen LogP contribution is 2.33. The SMILES string of the molecule is CC(C)(C)[S+]([O-])NC1(C#C[Si](C)(C)C)CCC1. The number of hydrogen-bond acceptors (Lipinski definition) is 2. The molecule has 1 aliphatic carbocycles. The average molecular weight is 272 g/mol. The van der Waals surface area contributed by atoms with Crippen LogP contribution in [0, 0.1) is 11.5 Å². The summed E-state index contributed by atoms with van der Waals surface area (Å²) in [6, 6.07) is 0. The Bertz CT molecular complexity index is 328. The van der Waals surface area contributed by atoms with Gasteiger partial charge in [-0.2, -0.15) is 0 Å². The summed E-state index contributed by atoms with van der Waals surface area (Å²) in [4.78, 5) is 0. The highest BCUT2D eigenvalue weighted by Gasteiger charge is 2.42. The van der Waals surface area contributed by atoms with Gasteiger partial charge in [-0.05, 0) is 40.0 Å². The van der Waals surface area contributed by atoms with E-state index in [1.807, 2.05) is 20.8 Å². The first-order valence-electron chi connectivity index (χ1n) is 6.28. The number of rotatable bonds is 2. The molecule has 0 heterocycles. The van der Waals surface area contributed by atoms with Crippen molar-refractivity contribution in [2.24, 2.45) is 0 Å². The van der Waals surface area contributed by atoms with Crippen molar-refractivity contribution in [1.82, 2.24) is 4.72 Å². The Balaban J connectivity index is 2.73. The largest absolute Gasteiger partial charge is 0.598 e. The fourth-order valence-corrected chi connectivity index (χ4v) is 2.95. The fourth-order valence-electron chi connectivity index (χ4n) is 1.42. The summed E-state index contributed by atoms with van der Waals surface area (Å²) >= 11 is -1.02. The van der Waals surface area contributed by atoms with Crippen LogP contribution in [0.1, 0.15) is 40.0 Å². The topological polar surface area (TPSA) is 35.1 Å². The molecule has 0 amide bonds. The Morgan fingerprint density at radius 3 is 2.06 bits per heavy atom. The lowest BCUT2D eigenvalue weighted by molar-refractivity contribution is 0.297. The van der Waals surface area contributed by atoms with Gasteiger partial charge in [0.25, 0.3) is 0 Å². The first-order valence-corrected chi connectivity index (χ1v) is 10.9. The Kier molecular flexibility index (Phi) is 4.41. The van der Waals surface area contributed by atoms with Crippen LogP contribution in [0.25, 0.3) is 0 Å². The Morgan fingerprint density at radius 1 is 1.24 bits per heavy atom. The summed E-state index contributed by atoms with van der Waals surface area (Å²) in [5.74, 6) is 3.38. The summed E-state index contributed by atoms with van der Waals surface area (Å²) in [5, 5.41) is 0. The van der Waals surface area contributed by atoms with Crippen LogP contribution in [0.4, 0.5) is 0 Å². The third-order valence-corrected chi connectivity index (χ3v) is 5.29. The van der Waals surface area contributed by atoms with E-state index in [0.29, 0.717) is 0 Å². The molecule has 98 valence electrons. The van der Waals surface area contributed by atoms with Crippen LogP contribution < -0.4 is 4.72 Å². The maximum Gasteiger partial charge on any atom is 0.137 e. The van der Waals surface area contributed by atoms with E-state index in [2.05, 4.69) is 35.8 Å². The highest BCUT2D eigenvalue weighted by atomic mass is 32.2. The van der Waals surface area contributed by atoms with Crippen LogP contribution in [-0.4, -0.2) is 22.9 Å². The maximum absolute atomic E-state index is 12.1. The highest BCUT2D eigenvalue weighted by molar-refractivity contribution is 7.90. The summed E-state index contributed by atoms with van der Waals surface area (Å²) in [7, 11) is -1.35. The van der Waals surface area contributed by atoms with Crippen molar-refractivity contribution in [1.29, 1.82) is 0 Å². The summed E-state index contributed by atoms with van der Waals surface area (Å²) in [6.07, 6.45) is 3.26. The van der Waals surface area contributed by atoms with E-state index in [9.17, 15) is 4.55 Å². The van der Waals surface area contributed by atoms with Crippen LogP contribution in [0.3, 0.4) is 0 Å². The fraction of sp³-hybridized carbons (Fsp3) is 0.846. The van der Waals surface area contributed by atoms with Gasteiger partial charge in [0.1, 0.15) is 18.4 Å². The molecule has 1 atom stereocenters. The lowest BCUT2D eigenvalue weighted by Crippen LogP contribution is -2.56. The van der Waals surface area contributed by atoms with Crippen LogP contribution in [0.15, 0.2) is 0 Å². The van der Waals surface area contributed by atoms with Gasteiger partial charge >= 0.3 is 0 Å². The van der Waals surface area contributed by atoms with Gasteiger partial charge in [-0.25, -0.2) is 0 Å². The molecule has 0 radical (unpaired) electrons. The molecule has 1 saturated carbocycles. The van der Waals surface area contributed by atoms with Gasteiger partial charge in [0, 0.05) is 11.4 Å². The number of hydrogen-bond donors (Lipinski definition) is 1. The van der Waals surface area contributed by atoms with Crippen molar-refractivity contribution in [3.05, 3.63) is 0 Å². The van der Waals surface area contributed by atoms with E-state index in [1.165, 1.54) is 6.42 Å². The van der Waals surface area contributed by atoms with Gasteiger partial charge < -0.3 is 4.55 Å². The molecule has 1 fully saturated rings. The molecule has 1 N–H and O–H groups in total. The van der Waals surface area contributed by atoms with E-state index in [-0.39, 0.29) is 10.3 Å². The van der Waals surface area contributed by atoms with E-state index in [1.54, 1.807) is 0 Å². The molecule has 0 aromatic heterocycles. The average Bonchev–Trinajstić information content (AvgIpc) is 2.05. The molecule has 1 aliphatic rings. The summed E-state index contributed by atoms with van der Waals surface area (Å²) < 4.78 is 15.2. The standard InChI is InChI=1S/C13H25NOSSi/c1-12(2,3)16(15)14-13(8-7-9-13)10-11-17(4,5)6/h14H,7-9H2,1-6H3. The van der Waals surface area contributed by atoms with Crippen molar-refractivity contribution >= 4 is 19.4 Å². The van der Waals surface area contributed by atoms with Gasteiger partial charge in [0.2, 0.25) is 0 Å². The second-order valence-electron chi connectivity index (χ2n) is 6.92. The third kappa shape index (κ3) is 4.67. The van der Waals surface area contributed by atoms with Gasteiger partial charge in [0.05, 0.1) is 0 Å². The van der Waals surface area contributed by atoms with Crippen molar-refractivity contribution in [2.75, 3.05) is 0 Å². The van der Waals surface area contributed by atoms with E-state index < -0.39 is 19.4 Å². The van der Waals surface area contributed by atoms with E-state index >= 15 is 0 Å². The molecule has 4 heteroatoms. The Hall–Kier alpha value is 0.0469. The lowest BCUT2D eigenvalue weighted by Gasteiger charge is -2.40. The second kappa shape index (κ2) is 4.97. The molecule has 0 bridgehead atoms. The van der Waals surface area contributed by atoms with E-state index in [4.69, 9.17) is 0 Å². The van der Waals surface area contributed by atoms with Gasteiger partial charge in [-0.15, -0.1) is 10.3 Å². The van der Waals surface area contributed by atoms with Crippen LogP contribution in [0.5, 0.6) is 0 Å². The predicted octanol–water partition coefficient (Wildman–Crippen LogP) is 2.84. The van der Waals surface area contributed by atoms with Crippen LogP contribution in [-0.2, 0) is 11.4 Å². The molecule has 1 unspecified atom stereocenters. The molecule has 0 spiro atoms. The minimum atomic E-state index is -1.35. The zero-order chi connectivity index (χ0) is 13.3. The van der Waals surface area contributed by atoms with Crippen molar-refractivity contribution in [2.45, 2.75) is 70.0 Å². The maximum atomic E-state index is 12.1. The summed E-state index contributed by atoms with van der Waals surface area (Å²) in [5.41, 5.74) is 3.25. The van der Waals surface area contributed by atoms with Crippen LogP contribution in [0.2, 0.25) is 19.6 Å². The molecule has 17 heavy (non-hydrogen) atoms.